The number of para-hydroxylation sites is 1. The third-order valence-electron chi connectivity index (χ3n) is 9.54. The van der Waals surface area contributed by atoms with E-state index in [0.29, 0.717) is 5.92 Å². The molecule has 0 aromatic heterocycles. The maximum atomic E-state index is 6.34. The van der Waals surface area contributed by atoms with E-state index < -0.39 is 0 Å². The number of fused-ring (bicyclic) bond motifs is 3. The molecule has 2 aliphatic carbocycles. The van der Waals surface area contributed by atoms with Crippen LogP contribution in [-0.4, -0.2) is 29.7 Å². The van der Waals surface area contributed by atoms with E-state index in [0.717, 1.165) is 23.3 Å². The zero-order valence-electron chi connectivity index (χ0n) is 22.8. The number of hydrogen-bond donors (Lipinski definition) is 0. The molecule has 3 aromatic rings. The summed E-state index contributed by atoms with van der Waals surface area (Å²) in [7, 11) is -0.385. The lowest BCUT2D eigenvalue weighted by Crippen LogP contribution is -2.43. The molecular weight excluding hydrogens is 479 g/mol. The Hall–Kier alpha value is -3.67. The number of allylic oxidation sites excluding steroid dienone is 2. The Morgan fingerprint density at radius 3 is 2.21 bits per heavy atom. The van der Waals surface area contributed by atoms with Crippen molar-refractivity contribution in [2.24, 2.45) is 10.9 Å². The number of anilines is 1. The summed E-state index contributed by atoms with van der Waals surface area (Å²) in [5, 5.41) is 0. The van der Waals surface area contributed by atoms with Gasteiger partial charge in [0.25, 0.3) is 0 Å². The number of rotatable bonds is 3. The molecule has 3 aromatic carbocycles. The van der Waals surface area contributed by atoms with Gasteiger partial charge >= 0.3 is 7.12 Å². The fourth-order valence-electron chi connectivity index (χ4n) is 6.67. The van der Waals surface area contributed by atoms with Gasteiger partial charge in [0.15, 0.2) is 0 Å². The molecule has 0 N–H and O–H groups in total. The second kappa shape index (κ2) is 7.71. The third-order valence-corrected chi connectivity index (χ3v) is 9.54. The first-order valence-electron chi connectivity index (χ1n) is 13.9. The quantitative estimate of drug-likeness (QED) is 0.383. The minimum absolute atomic E-state index is 0.0592. The Kier molecular flexibility index (Phi) is 4.60. The summed E-state index contributed by atoms with van der Waals surface area (Å²) in [6.07, 6.45) is 7.84. The summed E-state index contributed by atoms with van der Waals surface area (Å²) in [6.45, 7) is 8.38. The molecule has 5 heteroatoms. The minimum atomic E-state index is -0.385. The zero-order chi connectivity index (χ0) is 26.6. The average Bonchev–Trinajstić information content (AvgIpc) is 3.52. The fourth-order valence-corrected chi connectivity index (χ4v) is 6.67. The van der Waals surface area contributed by atoms with Crippen LogP contribution in [0.2, 0.25) is 0 Å². The lowest BCUT2D eigenvalue weighted by atomic mass is 9.77. The number of amidine groups is 1. The van der Waals surface area contributed by atoms with Crippen molar-refractivity contribution >= 4 is 35.3 Å². The molecule has 2 unspecified atom stereocenters. The maximum Gasteiger partial charge on any atom is 0.494 e. The molecule has 1 spiro atoms. The van der Waals surface area contributed by atoms with E-state index in [1.165, 1.54) is 33.7 Å². The predicted octanol–water partition coefficient (Wildman–Crippen LogP) is 6.39. The summed E-state index contributed by atoms with van der Waals surface area (Å²) >= 11 is 0. The molecule has 5 aliphatic rings. The summed E-state index contributed by atoms with van der Waals surface area (Å²) in [5.74, 6) is 1.55. The topological polar surface area (TPSA) is 34.1 Å². The molecule has 1 saturated carbocycles. The van der Waals surface area contributed by atoms with Gasteiger partial charge in [-0.3, -0.25) is 0 Å². The number of nitrogens with zero attached hydrogens (tertiary/aromatic N) is 2. The molecule has 2 atom stereocenters. The van der Waals surface area contributed by atoms with Crippen molar-refractivity contribution in [3.05, 3.63) is 119 Å². The monoisotopic (exact) mass is 510 g/mol. The lowest BCUT2D eigenvalue weighted by molar-refractivity contribution is 0.00578. The highest BCUT2D eigenvalue weighted by Crippen LogP contribution is 2.63. The van der Waals surface area contributed by atoms with E-state index in [9.17, 15) is 0 Å². The fraction of sp³-hybridized carbons (Fsp3) is 0.265. The van der Waals surface area contributed by atoms with E-state index in [4.69, 9.17) is 14.3 Å². The van der Waals surface area contributed by atoms with Gasteiger partial charge in [-0.05, 0) is 62.8 Å². The number of aliphatic imine (C=N–C) groups is 1. The van der Waals surface area contributed by atoms with Gasteiger partial charge in [-0.1, -0.05) is 84.9 Å². The van der Waals surface area contributed by atoms with Crippen LogP contribution in [0, 0.1) is 5.92 Å². The highest BCUT2D eigenvalue weighted by Gasteiger charge is 2.66. The van der Waals surface area contributed by atoms with Crippen molar-refractivity contribution < 1.29 is 9.31 Å². The van der Waals surface area contributed by atoms with E-state index in [-0.39, 0.29) is 23.9 Å². The third kappa shape index (κ3) is 3.12. The maximum absolute atomic E-state index is 6.34. The van der Waals surface area contributed by atoms with Gasteiger partial charge in [-0.15, -0.1) is 0 Å². The van der Waals surface area contributed by atoms with E-state index in [1.54, 1.807) is 0 Å². The normalized spacial score (nSPS) is 26.9. The first-order chi connectivity index (χ1) is 18.8. The van der Waals surface area contributed by atoms with Crippen LogP contribution in [0.5, 0.6) is 0 Å². The number of hydrogen-bond acceptors (Lipinski definition) is 4. The summed E-state index contributed by atoms with van der Waals surface area (Å²) in [4.78, 5) is 7.90. The van der Waals surface area contributed by atoms with Gasteiger partial charge < -0.3 is 14.2 Å². The van der Waals surface area contributed by atoms with Gasteiger partial charge in [0, 0.05) is 22.6 Å². The van der Waals surface area contributed by atoms with E-state index in [1.807, 2.05) is 0 Å². The second-order valence-electron chi connectivity index (χ2n) is 12.3. The standard InChI is InChI=1S/C34H31BN2O2/c1-32(2)33(3,4)39-35(38-32)25-19-17-23(18-20-25)30-29(22-11-6-5-7-12-22)26-14-8-9-15-27(26)37-31(30)36-28-16-10-13-24-21-34(24,28)37/h5-20,24H,21H2,1-4H3. The SMILES string of the molecule is CC1(C)OB(c2ccc(C3=C(c4ccccc4)c4ccccc4N4C3=NC3=CC=CC5CC354)cc2)OC1(C)C. The Bertz CT molecular complexity index is 1630. The Labute approximate surface area is 230 Å². The molecule has 39 heavy (non-hydrogen) atoms. The lowest BCUT2D eigenvalue weighted by Gasteiger charge is -2.37. The zero-order valence-corrected chi connectivity index (χ0v) is 22.8. The Morgan fingerprint density at radius 2 is 1.46 bits per heavy atom. The largest absolute Gasteiger partial charge is 0.494 e. The molecule has 192 valence electrons. The van der Waals surface area contributed by atoms with Crippen molar-refractivity contribution in [3.63, 3.8) is 0 Å². The first-order valence-corrected chi connectivity index (χ1v) is 13.9. The van der Waals surface area contributed by atoms with Gasteiger partial charge in [-0.25, -0.2) is 4.99 Å². The Balaban J connectivity index is 1.32. The van der Waals surface area contributed by atoms with Crippen molar-refractivity contribution in [1.29, 1.82) is 0 Å². The number of benzene rings is 3. The van der Waals surface area contributed by atoms with Crippen molar-refractivity contribution in [3.8, 4) is 0 Å². The highest BCUT2D eigenvalue weighted by atomic mass is 16.7. The van der Waals surface area contributed by atoms with Crippen LogP contribution in [0.1, 0.15) is 50.8 Å². The molecule has 4 nitrogen and oxygen atoms in total. The van der Waals surface area contributed by atoms with E-state index >= 15 is 0 Å². The molecule has 0 amide bonds. The van der Waals surface area contributed by atoms with E-state index in [2.05, 4.69) is 130 Å². The molecule has 8 rings (SSSR count). The van der Waals surface area contributed by atoms with Crippen LogP contribution in [-0.2, 0) is 9.31 Å². The molecule has 1 saturated heterocycles. The van der Waals surface area contributed by atoms with Gasteiger partial charge in [0.1, 0.15) is 5.84 Å². The van der Waals surface area contributed by atoms with Gasteiger partial charge in [0.05, 0.1) is 28.1 Å². The minimum Gasteiger partial charge on any atom is -0.399 e. The smallest absolute Gasteiger partial charge is 0.399 e. The first kappa shape index (κ1) is 23.2. The molecule has 0 bridgehead atoms. The summed E-state index contributed by atoms with van der Waals surface area (Å²) in [5.41, 5.74) is 8.65. The van der Waals surface area contributed by atoms with Crippen LogP contribution in [0.15, 0.2) is 108 Å². The van der Waals surface area contributed by atoms with Crippen LogP contribution in [0.4, 0.5) is 5.69 Å². The van der Waals surface area contributed by atoms with Crippen LogP contribution >= 0.6 is 0 Å². The van der Waals surface area contributed by atoms with Crippen LogP contribution in [0.3, 0.4) is 0 Å². The average molecular weight is 510 g/mol. The van der Waals surface area contributed by atoms with Crippen LogP contribution < -0.4 is 10.4 Å². The predicted molar refractivity (Wildman–Crippen MR) is 159 cm³/mol. The summed E-state index contributed by atoms with van der Waals surface area (Å²) in [6, 6.07) is 28.3. The summed E-state index contributed by atoms with van der Waals surface area (Å²) < 4.78 is 12.7. The second-order valence-corrected chi connectivity index (χ2v) is 12.3. The molecular formula is C34H31BN2O2. The van der Waals surface area contributed by atoms with Gasteiger partial charge in [-0.2, -0.15) is 0 Å². The van der Waals surface area contributed by atoms with Crippen molar-refractivity contribution in [2.45, 2.75) is 50.9 Å². The van der Waals surface area contributed by atoms with Crippen LogP contribution in [0.25, 0.3) is 11.1 Å². The Morgan fingerprint density at radius 1 is 0.795 bits per heavy atom. The highest BCUT2D eigenvalue weighted by molar-refractivity contribution is 6.62. The molecule has 3 aliphatic heterocycles. The molecule has 0 radical (unpaired) electrons. The van der Waals surface area contributed by atoms with Crippen molar-refractivity contribution in [2.75, 3.05) is 4.90 Å². The molecule has 2 fully saturated rings. The van der Waals surface area contributed by atoms with Gasteiger partial charge in [0.2, 0.25) is 0 Å². The van der Waals surface area contributed by atoms with Crippen molar-refractivity contribution in [1.82, 2.24) is 0 Å². The molecule has 3 heterocycles.